The number of methoxy groups -OCH3 is 1. The van der Waals surface area contributed by atoms with E-state index in [4.69, 9.17) is 24.1 Å². The van der Waals surface area contributed by atoms with Gasteiger partial charge < -0.3 is 29.5 Å². The number of carboxylic acid groups (broad SMARTS) is 1. The number of aliphatic carboxylic acids is 1. The van der Waals surface area contributed by atoms with Crippen LogP contribution in [0.5, 0.6) is 17.2 Å². The first-order chi connectivity index (χ1) is 23.2. The van der Waals surface area contributed by atoms with E-state index < -0.39 is 5.97 Å². The number of fused-ring (bicyclic) bond motifs is 1. The van der Waals surface area contributed by atoms with E-state index in [1.54, 1.807) is 7.11 Å². The number of hydrogen-bond acceptors (Lipinski definition) is 7. The number of likely N-dealkylation sites (tertiary alicyclic amines) is 1. The normalized spacial score (nSPS) is 16.2. The van der Waals surface area contributed by atoms with Gasteiger partial charge in [-0.25, -0.2) is 0 Å². The van der Waals surface area contributed by atoms with Gasteiger partial charge in [0.25, 0.3) is 5.97 Å². The fraction of sp³-hybridized carbons (Fsp3) is 0.487. The molecular formula is C39H55N3O6. The van der Waals surface area contributed by atoms with Crippen LogP contribution in [0.25, 0.3) is 0 Å². The predicted molar refractivity (Wildman–Crippen MR) is 194 cm³/mol. The summed E-state index contributed by atoms with van der Waals surface area (Å²) in [5, 5.41) is 10.2. The van der Waals surface area contributed by atoms with E-state index in [1.807, 2.05) is 18.2 Å². The van der Waals surface area contributed by atoms with Crippen LogP contribution in [0.4, 0.5) is 11.4 Å². The SMILES string of the molecule is CC(=O)O.CCCN(CCC)c1ccc([C@H]2C[C@@H](c3cc(OC)c4c(c3)OCO4)CN2CC)cc1.CCc1cccc(CC)c1NC=O. The van der Waals surface area contributed by atoms with E-state index in [0.717, 1.165) is 81.7 Å². The number of carbonyl (C=O) groups is 2. The summed E-state index contributed by atoms with van der Waals surface area (Å²) in [5.41, 5.74) is 7.41. The summed E-state index contributed by atoms with van der Waals surface area (Å²) in [6, 6.07) is 20.1. The van der Waals surface area contributed by atoms with Crippen LogP contribution in [-0.2, 0) is 22.4 Å². The average Bonchev–Trinajstić information content (AvgIpc) is 3.76. The van der Waals surface area contributed by atoms with Crippen LogP contribution in [0.15, 0.2) is 54.6 Å². The van der Waals surface area contributed by atoms with E-state index in [2.05, 4.69) is 86.1 Å². The number of ether oxygens (including phenoxy) is 3. The Bertz CT molecular complexity index is 1410. The van der Waals surface area contributed by atoms with E-state index in [1.165, 1.54) is 40.8 Å². The summed E-state index contributed by atoms with van der Waals surface area (Å²) in [7, 11) is 1.69. The first kappa shape index (κ1) is 38.2. The van der Waals surface area contributed by atoms with Crippen LogP contribution in [0, 0.1) is 0 Å². The minimum absolute atomic E-state index is 0.267. The molecule has 2 aliphatic heterocycles. The Hall–Kier alpha value is -4.24. The number of para-hydroxylation sites is 1. The van der Waals surface area contributed by atoms with Crippen LogP contribution in [0.2, 0.25) is 0 Å². The Labute approximate surface area is 287 Å². The fourth-order valence-corrected chi connectivity index (χ4v) is 6.53. The Kier molecular flexibility index (Phi) is 15.6. The molecule has 5 rings (SSSR count). The number of rotatable bonds is 13. The number of benzene rings is 3. The number of aryl methyl sites for hydroxylation is 2. The van der Waals surface area contributed by atoms with Gasteiger partial charge in [0.2, 0.25) is 19.0 Å². The molecule has 9 nitrogen and oxygen atoms in total. The Balaban J connectivity index is 0.000000305. The number of nitrogens with one attached hydrogen (secondary N) is 1. The van der Waals surface area contributed by atoms with Crippen molar-refractivity contribution in [1.82, 2.24) is 4.90 Å². The average molecular weight is 662 g/mol. The van der Waals surface area contributed by atoms with Gasteiger partial charge in [0.1, 0.15) is 0 Å². The van der Waals surface area contributed by atoms with Crippen molar-refractivity contribution in [2.45, 2.75) is 85.6 Å². The van der Waals surface area contributed by atoms with Crippen molar-refractivity contribution in [3.8, 4) is 17.2 Å². The van der Waals surface area contributed by atoms with E-state index in [0.29, 0.717) is 12.0 Å². The molecule has 0 aliphatic carbocycles. The lowest BCUT2D eigenvalue weighted by Gasteiger charge is -2.26. The monoisotopic (exact) mass is 661 g/mol. The molecule has 2 atom stereocenters. The lowest BCUT2D eigenvalue weighted by Crippen LogP contribution is -2.25. The molecule has 0 radical (unpaired) electrons. The van der Waals surface area contributed by atoms with Crippen LogP contribution in [0.1, 0.15) is 95.0 Å². The number of carboxylic acids is 1. The van der Waals surface area contributed by atoms with Crippen molar-refractivity contribution >= 4 is 23.8 Å². The van der Waals surface area contributed by atoms with Crippen molar-refractivity contribution in [2.24, 2.45) is 0 Å². The lowest BCUT2D eigenvalue weighted by molar-refractivity contribution is -0.134. The molecule has 2 heterocycles. The summed E-state index contributed by atoms with van der Waals surface area (Å²) >= 11 is 0. The number of carbonyl (C=O) groups excluding carboxylic acids is 1. The van der Waals surface area contributed by atoms with Gasteiger partial charge in [-0.15, -0.1) is 0 Å². The fourth-order valence-electron chi connectivity index (χ4n) is 6.53. The molecule has 0 aromatic heterocycles. The van der Waals surface area contributed by atoms with Crippen LogP contribution < -0.4 is 24.4 Å². The second-order valence-corrected chi connectivity index (χ2v) is 12.0. The van der Waals surface area contributed by atoms with Crippen LogP contribution in [-0.4, -0.2) is 62.5 Å². The zero-order valence-electron chi connectivity index (χ0n) is 29.9. The van der Waals surface area contributed by atoms with E-state index in [-0.39, 0.29) is 6.79 Å². The highest BCUT2D eigenvalue weighted by Gasteiger charge is 2.34. The molecule has 0 unspecified atom stereocenters. The van der Waals surface area contributed by atoms with Gasteiger partial charge >= 0.3 is 0 Å². The summed E-state index contributed by atoms with van der Waals surface area (Å²) in [5.74, 6) is 1.92. The molecule has 262 valence electrons. The highest BCUT2D eigenvalue weighted by Crippen LogP contribution is 2.47. The molecule has 0 saturated carbocycles. The van der Waals surface area contributed by atoms with Crippen molar-refractivity contribution in [3.05, 3.63) is 76.9 Å². The topological polar surface area (TPSA) is 101 Å². The molecule has 9 heteroatoms. The molecule has 1 saturated heterocycles. The Morgan fingerprint density at radius 1 is 0.979 bits per heavy atom. The highest BCUT2D eigenvalue weighted by molar-refractivity contribution is 5.75. The van der Waals surface area contributed by atoms with Gasteiger partial charge in [0.05, 0.1) is 7.11 Å². The number of likely N-dealkylation sites (N-methyl/N-ethyl adjacent to an activating group) is 1. The Morgan fingerprint density at radius 2 is 1.60 bits per heavy atom. The number of anilines is 2. The molecule has 48 heavy (non-hydrogen) atoms. The van der Waals surface area contributed by atoms with Crippen molar-refractivity contribution in [3.63, 3.8) is 0 Å². The number of hydrogen-bond donors (Lipinski definition) is 2. The summed E-state index contributed by atoms with van der Waals surface area (Å²) in [6.45, 7) is 16.6. The molecule has 0 bridgehead atoms. The maximum absolute atomic E-state index is 10.4. The first-order valence-electron chi connectivity index (χ1n) is 17.3. The van der Waals surface area contributed by atoms with Crippen LogP contribution >= 0.6 is 0 Å². The third-order valence-corrected chi connectivity index (χ3v) is 8.79. The minimum Gasteiger partial charge on any atom is -0.493 e. The maximum Gasteiger partial charge on any atom is 0.300 e. The highest BCUT2D eigenvalue weighted by atomic mass is 16.7. The van der Waals surface area contributed by atoms with Gasteiger partial charge in [-0.05, 0) is 91.1 Å². The first-order valence-corrected chi connectivity index (χ1v) is 17.3. The molecule has 1 fully saturated rings. The largest absolute Gasteiger partial charge is 0.493 e. The van der Waals surface area contributed by atoms with E-state index in [9.17, 15) is 4.79 Å². The second-order valence-electron chi connectivity index (χ2n) is 12.0. The van der Waals surface area contributed by atoms with E-state index >= 15 is 0 Å². The number of amides is 1. The minimum atomic E-state index is -0.833. The van der Waals surface area contributed by atoms with Gasteiger partial charge in [-0.1, -0.05) is 65.0 Å². The standard InChI is InChI=1S/C26H36N2O3.C11H15NO.C2H4O2/c1-5-12-28(13-6-2)22-10-8-19(9-11-22)23-14-21(17-27(23)7-3)20-15-24(29-4)26-25(16-20)30-18-31-26;1-3-9-6-5-7-10(4-2)11(9)12-8-13;1-2(3)4/h8-11,15-16,21,23H,5-7,12-14,17-18H2,1-4H3;5-8H,3-4H2,1-2H3,(H,12,13);1H3,(H,3,4)/t21-,23-;;/m1../s1. The third kappa shape index (κ3) is 10.1. The maximum atomic E-state index is 10.4. The molecule has 3 aromatic rings. The van der Waals surface area contributed by atoms with Gasteiger partial charge in [-0.2, -0.15) is 0 Å². The van der Waals surface area contributed by atoms with Gasteiger partial charge in [0, 0.05) is 44.0 Å². The predicted octanol–water partition coefficient (Wildman–Crippen LogP) is 8.07. The third-order valence-electron chi connectivity index (χ3n) is 8.79. The van der Waals surface area contributed by atoms with Crippen molar-refractivity contribution in [1.29, 1.82) is 0 Å². The quantitative estimate of drug-likeness (QED) is 0.178. The lowest BCUT2D eigenvalue weighted by atomic mass is 9.93. The molecule has 3 aromatic carbocycles. The van der Waals surface area contributed by atoms with Gasteiger partial charge in [0.15, 0.2) is 11.5 Å². The summed E-state index contributed by atoms with van der Waals surface area (Å²) in [4.78, 5) is 24.5. The summed E-state index contributed by atoms with van der Waals surface area (Å²) < 4.78 is 16.8. The zero-order chi connectivity index (χ0) is 35.1. The molecule has 1 amide bonds. The molecule has 0 spiro atoms. The number of nitrogens with zero attached hydrogens (tertiary/aromatic N) is 2. The Morgan fingerprint density at radius 3 is 2.12 bits per heavy atom. The molecule has 2 N–H and O–H groups in total. The summed E-state index contributed by atoms with van der Waals surface area (Å²) in [6.07, 6.45) is 6.09. The van der Waals surface area contributed by atoms with Crippen molar-refractivity contribution < 1.29 is 28.9 Å². The molecular weight excluding hydrogens is 606 g/mol. The van der Waals surface area contributed by atoms with Crippen LogP contribution in [0.3, 0.4) is 0 Å². The molecule has 2 aliphatic rings. The second kappa shape index (κ2) is 19.5. The zero-order valence-corrected chi connectivity index (χ0v) is 29.9. The smallest absolute Gasteiger partial charge is 0.300 e. The van der Waals surface area contributed by atoms with Gasteiger partial charge in [-0.3, -0.25) is 14.5 Å². The van der Waals surface area contributed by atoms with Crippen molar-refractivity contribution in [2.75, 3.05) is 50.3 Å².